The van der Waals surface area contributed by atoms with Crippen molar-refractivity contribution in [2.45, 2.75) is 19.6 Å². The number of fused-ring (bicyclic) bond motifs is 1. The fourth-order valence-electron chi connectivity index (χ4n) is 2.27. The average molecular weight is 335 g/mol. The highest BCUT2D eigenvalue weighted by molar-refractivity contribution is 5.89. The minimum atomic E-state index is -4.75. The minimum absolute atomic E-state index is 0.0487. The van der Waals surface area contributed by atoms with Crippen LogP contribution in [-0.2, 0) is 12.7 Å². The number of rotatable bonds is 3. The van der Waals surface area contributed by atoms with Crippen molar-refractivity contribution in [2.24, 2.45) is 0 Å². The second-order valence-corrected chi connectivity index (χ2v) is 5.37. The molecule has 0 amide bonds. The molecule has 0 aliphatic heterocycles. The molecule has 3 rings (SSSR count). The molecule has 24 heavy (non-hydrogen) atoms. The van der Waals surface area contributed by atoms with E-state index in [4.69, 9.17) is 0 Å². The Labute approximate surface area is 135 Å². The van der Waals surface area contributed by atoms with Crippen LogP contribution in [0.15, 0.2) is 42.5 Å². The molecule has 1 N–H and O–H groups in total. The van der Waals surface area contributed by atoms with Crippen LogP contribution >= 0.6 is 0 Å². The summed E-state index contributed by atoms with van der Waals surface area (Å²) >= 11 is 0. The van der Waals surface area contributed by atoms with E-state index < -0.39 is 17.8 Å². The van der Waals surface area contributed by atoms with Crippen molar-refractivity contribution < 1.29 is 17.6 Å². The Morgan fingerprint density at radius 2 is 1.71 bits per heavy atom. The maximum absolute atomic E-state index is 13.9. The molecule has 0 saturated carbocycles. The van der Waals surface area contributed by atoms with Gasteiger partial charge in [0, 0.05) is 11.9 Å². The first-order valence-electron chi connectivity index (χ1n) is 7.17. The topological polar surface area (TPSA) is 37.8 Å². The highest BCUT2D eigenvalue weighted by Gasteiger charge is 2.35. The van der Waals surface area contributed by atoms with Crippen LogP contribution in [0.3, 0.4) is 0 Å². The fourth-order valence-corrected chi connectivity index (χ4v) is 2.27. The molecule has 1 heterocycles. The van der Waals surface area contributed by atoms with E-state index in [2.05, 4.69) is 15.3 Å². The normalized spacial score (nSPS) is 11.7. The van der Waals surface area contributed by atoms with Gasteiger partial charge in [0.15, 0.2) is 0 Å². The lowest BCUT2D eigenvalue weighted by molar-refractivity contribution is -0.144. The van der Waals surface area contributed by atoms with Crippen LogP contribution < -0.4 is 5.32 Å². The molecule has 0 aliphatic carbocycles. The molecule has 124 valence electrons. The van der Waals surface area contributed by atoms with Crippen molar-refractivity contribution in [2.75, 3.05) is 5.32 Å². The summed E-state index contributed by atoms with van der Waals surface area (Å²) in [5.74, 6) is -2.24. The van der Waals surface area contributed by atoms with E-state index in [0.717, 1.165) is 17.2 Å². The number of anilines is 1. The first-order chi connectivity index (χ1) is 11.3. The van der Waals surface area contributed by atoms with Crippen LogP contribution in [0.4, 0.5) is 23.4 Å². The number of aryl methyl sites for hydroxylation is 1. The smallest absolute Gasteiger partial charge is 0.365 e. The fraction of sp³-hybridized carbons (Fsp3) is 0.176. The molecule has 0 radical (unpaired) electrons. The first-order valence-corrected chi connectivity index (χ1v) is 7.17. The lowest BCUT2D eigenvalue weighted by Crippen LogP contribution is -2.14. The van der Waals surface area contributed by atoms with Gasteiger partial charge in [0.2, 0.25) is 5.82 Å². The van der Waals surface area contributed by atoms with Gasteiger partial charge in [0.1, 0.15) is 17.2 Å². The molecular weight excluding hydrogens is 322 g/mol. The van der Waals surface area contributed by atoms with Crippen LogP contribution in [0.1, 0.15) is 17.0 Å². The SMILES string of the molecule is Cc1ccc(CNc2nc(C(F)(F)F)nc3c(F)cccc23)cc1. The number of alkyl halides is 3. The Hall–Kier alpha value is -2.70. The van der Waals surface area contributed by atoms with Crippen molar-refractivity contribution >= 4 is 16.7 Å². The summed E-state index contributed by atoms with van der Waals surface area (Å²) in [6.45, 7) is 2.20. The monoisotopic (exact) mass is 335 g/mol. The summed E-state index contributed by atoms with van der Waals surface area (Å²) in [5.41, 5.74) is 1.59. The maximum Gasteiger partial charge on any atom is 0.451 e. The number of hydrogen-bond donors (Lipinski definition) is 1. The number of benzene rings is 2. The van der Waals surface area contributed by atoms with E-state index in [0.29, 0.717) is 0 Å². The molecule has 0 fully saturated rings. The number of para-hydroxylation sites is 1. The van der Waals surface area contributed by atoms with E-state index in [1.165, 1.54) is 12.1 Å². The second-order valence-electron chi connectivity index (χ2n) is 5.37. The van der Waals surface area contributed by atoms with Gasteiger partial charge in [-0.2, -0.15) is 13.2 Å². The molecule has 3 nitrogen and oxygen atoms in total. The van der Waals surface area contributed by atoms with Crippen LogP contribution in [0.25, 0.3) is 10.9 Å². The summed E-state index contributed by atoms with van der Waals surface area (Å²) < 4.78 is 52.7. The molecule has 0 bridgehead atoms. The van der Waals surface area contributed by atoms with Crippen LogP contribution in [-0.4, -0.2) is 9.97 Å². The van der Waals surface area contributed by atoms with Gasteiger partial charge in [-0.1, -0.05) is 35.9 Å². The molecule has 3 aromatic rings. The zero-order valence-electron chi connectivity index (χ0n) is 12.7. The van der Waals surface area contributed by atoms with E-state index in [1.54, 1.807) is 0 Å². The van der Waals surface area contributed by atoms with Gasteiger partial charge in [-0.25, -0.2) is 14.4 Å². The number of nitrogens with one attached hydrogen (secondary N) is 1. The second kappa shape index (κ2) is 6.07. The molecule has 1 aromatic heterocycles. The van der Waals surface area contributed by atoms with Crippen molar-refractivity contribution in [3.8, 4) is 0 Å². The maximum atomic E-state index is 13.9. The Bertz CT molecular complexity index is 873. The zero-order valence-corrected chi connectivity index (χ0v) is 12.7. The molecule has 2 aromatic carbocycles. The predicted molar refractivity (Wildman–Crippen MR) is 83.0 cm³/mol. The quantitative estimate of drug-likeness (QED) is 0.705. The van der Waals surface area contributed by atoms with Crippen LogP contribution in [0.5, 0.6) is 0 Å². The third-order valence-corrected chi connectivity index (χ3v) is 3.51. The molecule has 0 spiro atoms. The van der Waals surface area contributed by atoms with Gasteiger partial charge < -0.3 is 5.32 Å². The third-order valence-electron chi connectivity index (χ3n) is 3.51. The molecule has 0 saturated heterocycles. The van der Waals surface area contributed by atoms with Gasteiger partial charge in [-0.3, -0.25) is 0 Å². The average Bonchev–Trinajstić information content (AvgIpc) is 2.53. The van der Waals surface area contributed by atoms with E-state index in [9.17, 15) is 17.6 Å². The highest BCUT2D eigenvalue weighted by Crippen LogP contribution is 2.31. The van der Waals surface area contributed by atoms with Crippen molar-refractivity contribution in [1.82, 2.24) is 9.97 Å². The summed E-state index contributed by atoms with van der Waals surface area (Å²) in [6, 6.07) is 11.5. The first kappa shape index (κ1) is 16.2. The van der Waals surface area contributed by atoms with Gasteiger partial charge in [-0.15, -0.1) is 0 Å². The van der Waals surface area contributed by atoms with Gasteiger partial charge in [-0.05, 0) is 24.6 Å². The molecule has 0 aliphatic rings. The molecule has 0 atom stereocenters. The largest absolute Gasteiger partial charge is 0.451 e. The summed E-state index contributed by atoms with van der Waals surface area (Å²) in [7, 11) is 0. The van der Waals surface area contributed by atoms with Crippen LogP contribution in [0, 0.1) is 12.7 Å². The van der Waals surface area contributed by atoms with Crippen molar-refractivity contribution in [3.63, 3.8) is 0 Å². The molecule has 7 heteroatoms. The predicted octanol–water partition coefficient (Wildman–Crippen LogP) is 4.71. The molecular formula is C17H13F4N3. The van der Waals surface area contributed by atoms with Crippen molar-refractivity contribution in [3.05, 3.63) is 65.2 Å². The third kappa shape index (κ3) is 3.29. The Kier molecular flexibility index (Phi) is 4.09. The van der Waals surface area contributed by atoms with Gasteiger partial charge in [0.05, 0.1) is 0 Å². The van der Waals surface area contributed by atoms with E-state index in [-0.39, 0.29) is 23.3 Å². The standard InChI is InChI=1S/C17H13F4N3/c1-10-5-7-11(8-6-10)9-22-15-12-3-2-4-13(18)14(12)23-16(24-15)17(19,20)21/h2-8H,9H2,1H3,(H,22,23,24). The Morgan fingerprint density at radius 3 is 2.38 bits per heavy atom. The zero-order chi connectivity index (χ0) is 17.3. The summed E-state index contributed by atoms with van der Waals surface area (Å²) in [6.07, 6.45) is -4.75. The van der Waals surface area contributed by atoms with E-state index in [1.807, 2.05) is 31.2 Å². The minimum Gasteiger partial charge on any atom is -0.365 e. The Balaban J connectivity index is 2.02. The van der Waals surface area contributed by atoms with Crippen molar-refractivity contribution in [1.29, 1.82) is 0 Å². The highest BCUT2D eigenvalue weighted by atomic mass is 19.4. The number of aromatic nitrogens is 2. The lowest BCUT2D eigenvalue weighted by atomic mass is 10.1. The molecule has 0 unspecified atom stereocenters. The van der Waals surface area contributed by atoms with Crippen LogP contribution in [0.2, 0.25) is 0 Å². The van der Waals surface area contributed by atoms with E-state index >= 15 is 0 Å². The number of hydrogen-bond acceptors (Lipinski definition) is 3. The van der Waals surface area contributed by atoms with Gasteiger partial charge in [0.25, 0.3) is 0 Å². The lowest BCUT2D eigenvalue weighted by Gasteiger charge is -2.12. The summed E-state index contributed by atoms with van der Waals surface area (Å²) in [4.78, 5) is 6.85. The number of halogens is 4. The number of nitrogens with zero attached hydrogens (tertiary/aromatic N) is 2. The Morgan fingerprint density at radius 1 is 1.00 bits per heavy atom. The van der Waals surface area contributed by atoms with Gasteiger partial charge >= 0.3 is 6.18 Å². The summed E-state index contributed by atoms with van der Waals surface area (Å²) in [5, 5.41) is 3.05.